The molecule has 1 aliphatic carbocycles. The van der Waals surface area contributed by atoms with Gasteiger partial charge in [0.05, 0.1) is 0 Å². The topological polar surface area (TPSA) is 29.3 Å². The van der Waals surface area contributed by atoms with Crippen molar-refractivity contribution in [2.45, 2.75) is 38.8 Å². The number of nitrogens with zero attached hydrogens (tertiary/aromatic N) is 1. The number of rotatable bonds is 6. The molecule has 2 atom stereocenters. The number of hydrogen-bond acceptors (Lipinski definition) is 2. The zero-order valence-corrected chi connectivity index (χ0v) is 11.0. The second kappa shape index (κ2) is 5.19. The summed E-state index contributed by atoms with van der Waals surface area (Å²) < 4.78 is 0. The molecule has 0 radical (unpaired) electrons. The summed E-state index contributed by atoms with van der Waals surface area (Å²) in [5.41, 5.74) is 7.87. The average molecular weight is 232 g/mol. The minimum Gasteiger partial charge on any atom is -0.324 e. The molecule has 0 aliphatic heterocycles. The lowest BCUT2D eigenvalue weighted by Crippen LogP contribution is -2.40. The minimum atomic E-state index is 0.0968. The fourth-order valence-corrected chi connectivity index (χ4v) is 2.68. The van der Waals surface area contributed by atoms with Gasteiger partial charge < -0.3 is 5.73 Å². The van der Waals surface area contributed by atoms with Crippen LogP contribution in [0, 0.1) is 5.92 Å². The fraction of sp³-hybridized carbons (Fsp3) is 0.600. The van der Waals surface area contributed by atoms with E-state index in [1.807, 2.05) is 0 Å². The Kier molecular flexibility index (Phi) is 3.85. The average Bonchev–Trinajstić information content (AvgIpc) is 3.00. The maximum atomic E-state index is 6.39. The summed E-state index contributed by atoms with van der Waals surface area (Å²) in [5.74, 6) is 0.743. The van der Waals surface area contributed by atoms with E-state index in [0.29, 0.717) is 0 Å². The SMILES string of the molecule is CC[C@H]1C[C@@]1(N)CN(CC)Cc1ccccc1. The maximum absolute atomic E-state index is 6.39. The molecule has 2 N–H and O–H groups in total. The third-order valence-electron chi connectivity index (χ3n) is 3.99. The highest BCUT2D eigenvalue weighted by Gasteiger charge is 2.49. The van der Waals surface area contributed by atoms with E-state index in [0.717, 1.165) is 25.6 Å². The van der Waals surface area contributed by atoms with Gasteiger partial charge in [0.1, 0.15) is 0 Å². The minimum absolute atomic E-state index is 0.0968. The molecule has 1 fully saturated rings. The summed E-state index contributed by atoms with van der Waals surface area (Å²) in [5, 5.41) is 0. The molecule has 1 aromatic rings. The third kappa shape index (κ3) is 3.08. The first kappa shape index (κ1) is 12.6. The molecular weight excluding hydrogens is 208 g/mol. The van der Waals surface area contributed by atoms with Gasteiger partial charge >= 0.3 is 0 Å². The van der Waals surface area contributed by atoms with E-state index in [2.05, 4.69) is 49.1 Å². The van der Waals surface area contributed by atoms with Crippen LogP contribution in [0.4, 0.5) is 0 Å². The van der Waals surface area contributed by atoms with Crippen molar-refractivity contribution in [2.24, 2.45) is 11.7 Å². The van der Waals surface area contributed by atoms with Gasteiger partial charge in [0.25, 0.3) is 0 Å². The van der Waals surface area contributed by atoms with Crippen LogP contribution in [-0.4, -0.2) is 23.5 Å². The van der Waals surface area contributed by atoms with E-state index in [-0.39, 0.29) is 5.54 Å². The Morgan fingerprint density at radius 2 is 2.00 bits per heavy atom. The molecule has 0 amide bonds. The summed E-state index contributed by atoms with van der Waals surface area (Å²) >= 11 is 0. The van der Waals surface area contributed by atoms with Crippen LogP contribution < -0.4 is 5.73 Å². The van der Waals surface area contributed by atoms with Gasteiger partial charge in [-0.05, 0) is 24.4 Å². The van der Waals surface area contributed by atoms with E-state index in [4.69, 9.17) is 5.73 Å². The summed E-state index contributed by atoms with van der Waals surface area (Å²) in [6.45, 7) is 7.59. The monoisotopic (exact) mass is 232 g/mol. The highest BCUT2D eigenvalue weighted by molar-refractivity contribution is 5.15. The summed E-state index contributed by atoms with van der Waals surface area (Å²) in [4.78, 5) is 2.46. The molecule has 1 saturated carbocycles. The van der Waals surface area contributed by atoms with Crippen LogP contribution in [-0.2, 0) is 6.54 Å². The highest BCUT2D eigenvalue weighted by atomic mass is 15.2. The van der Waals surface area contributed by atoms with Crippen molar-refractivity contribution in [1.29, 1.82) is 0 Å². The van der Waals surface area contributed by atoms with Gasteiger partial charge in [0.2, 0.25) is 0 Å². The van der Waals surface area contributed by atoms with E-state index >= 15 is 0 Å². The molecule has 1 aliphatic rings. The van der Waals surface area contributed by atoms with E-state index in [1.54, 1.807) is 0 Å². The van der Waals surface area contributed by atoms with Crippen LogP contribution in [0.25, 0.3) is 0 Å². The Bertz CT molecular complexity index is 349. The first-order chi connectivity index (χ1) is 8.18. The second-order valence-corrected chi connectivity index (χ2v) is 5.33. The van der Waals surface area contributed by atoms with E-state index in [1.165, 1.54) is 18.4 Å². The normalized spacial score (nSPS) is 27.4. The van der Waals surface area contributed by atoms with Crippen LogP contribution in [0.3, 0.4) is 0 Å². The van der Waals surface area contributed by atoms with Crippen molar-refractivity contribution >= 4 is 0 Å². The van der Waals surface area contributed by atoms with Gasteiger partial charge in [-0.3, -0.25) is 4.90 Å². The van der Waals surface area contributed by atoms with Gasteiger partial charge in [0.15, 0.2) is 0 Å². The Labute approximate surface area is 105 Å². The molecule has 2 heteroatoms. The first-order valence-electron chi connectivity index (χ1n) is 6.73. The van der Waals surface area contributed by atoms with E-state index in [9.17, 15) is 0 Å². The molecule has 0 spiro atoms. The van der Waals surface area contributed by atoms with Gasteiger partial charge in [-0.25, -0.2) is 0 Å². The Morgan fingerprint density at radius 3 is 2.53 bits per heavy atom. The molecule has 1 aromatic carbocycles. The smallest absolute Gasteiger partial charge is 0.0316 e. The molecule has 0 bridgehead atoms. The predicted molar refractivity (Wildman–Crippen MR) is 72.7 cm³/mol. The van der Waals surface area contributed by atoms with Crippen LogP contribution in [0.15, 0.2) is 30.3 Å². The van der Waals surface area contributed by atoms with Crippen molar-refractivity contribution < 1.29 is 0 Å². The number of benzene rings is 1. The molecule has 0 heterocycles. The molecule has 2 rings (SSSR count). The van der Waals surface area contributed by atoms with Gasteiger partial charge in [0, 0.05) is 18.6 Å². The number of nitrogens with two attached hydrogens (primary N) is 1. The van der Waals surface area contributed by atoms with Gasteiger partial charge in [-0.15, -0.1) is 0 Å². The number of hydrogen-bond donors (Lipinski definition) is 1. The third-order valence-corrected chi connectivity index (χ3v) is 3.99. The second-order valence-electron chi connectivity index (χ2n) is 5.33. The van der Waals surface area contributed by atoms with Crippen molar-refractivity contribution in [3.05, 3.63) is 35.9 Å². The lowest BCUT2D eigenvalue weighted by atomic mass is 10.1. The predicted octanol–water partition coefficient (Wildman–Crippen LogP) is 2.64. The Balaban J connectivity index is 1.90. The fourth-order valence-electron chi connectivity index (χ4n) is 2.68. The standard InChI is InChI=1S/C15H24N2/c1-3-14-10-15(14,16)12-17(4-2)11-13-8-6-5-7-9-13/h5-9,14H,3-4,10-12,16H2,1-2H3/t14-,15+/m0/s1. The van der Waals surface area contributed by atoms with Crippen LogP contribution >= 0.6 is 0 Å². The van der Waals surface area contributed by atoms with Crippen molar-refractivity contribution in [2.75, 3.05) is 13.1 Å². The molecule has 0 saturated heterocycles. The zero-order valence-electron chi connectivity index (χ0n) is 11.0. The molecule has 94 valence electrons. The van der Waals surface area contributed by atoms with Crippen LogP contribution in [0.5, 0.6) is 0 Å². The van der Waals surface area contributed by atoms with Crippen molar-refractivity contribution in [1.82, 2.24) is 4.90 Å². The Hall–Kier alpha value is -0.860. The van der Waals surface area contributed by atoms with E-state index < -0.39 is 0 Å². The quantitative estimate of drug-likeness (QED) is 0.817. The lowest BCUT2D eigenvalue weighted by Gasteiger charge is -2.25. The zero-order chi connectivity index (χ0) is 12.3. The lowest BCUT2D eigenvalue weighted by molar-refractivity contribution is 0.247. The van der Waals surface area contributed by atoms with Crippen LogP contribution in [0.1, 0.15) is 32.3 Å². The molecule has 17 heavy (non-hydrogen) atoms. The van der Waals surface area contributed by atoms with Crippen molar-refractivity contribution in [3.8, 4) is 0 Å². The Morgan fingerprint density at radius 1 is 1.29 bits per heavy atom. The molecular formula is C15H24N2. The summed E-state index contributed by atoms with van der Waals surface area (Å²) in [7, 11) is 0. The maximum Gasteiger partial charge on any atom is 0.0316 e. The largest absolute Gasteiger partial charge is 0.324 e. The highest BCUT2D eigenvalue weighted by Crippen LogP contribution is 2.43. The summed E-state index contributed by atoms with van der Waals surface area (Å²) in [6.07, 6.45) is 2.42. The number of likely N-dealkylation sites (N-methyl/N-ethyl adjacent to an activating group) is 1. The van der Waals surface area contributed by atoms with Crippen LogP contribution in [0.2, 0.25) is 0 Å². The summed E-state index contributed by atoms with van der Waals surface area (Å²) in [6, 6.07) is 10.7. The van der Waals surface area contributed by atoms with Crippen molar-refractivity contribution in [3.63, 3.8) is 0 Å². The molecule has 0 unspecified atom stereocenters. The first-order valence-corrected chi connectivity index (χ1v) is 6.73. The van der Waals surface area contributed by atoms with Gasteiger partial charge in [-0.1, -0.05) is 50.6 Å². The molecule has 2 nitrogen and oxygen atoms in total. The molecule has 0 aromatic heterocycles. The van der Waals surface area contributed by atoms with Gasteiger partial charge in [-0.2, -0.15) is 0 Å².